The summed E-state index contributed by atoms with van der Waals surface area (Å²) in [6.07, 6.45) is -0.724. The van der Waals surface area contributed by atoms with E-state index in [1.54, 1.807) is 42.5 Å². The second-order valence-electron chi connectivity index (χ2n) is 9.16. The maximum Gasteiger partial charge on any atom is 0.243 e. The summed E-state index contributed by atoms with van der Waals surface area (Å²) in [5, 5.41) is 10.5. The highest BCUT2D eigenvalue weighted by Crippen LogP contribution is 2.22. The van der Waals surface area contributed by atoms with Gasteiger partial charge in [-0.3, -0.25) is 9.69 Å². The SMILES string of the molecule is Cc1ccc(S(=O)(=O)N2CCN(C[C@@H](O)COc3ccc(C(=O)c4ccccc4)cc3)CC2)c(C)c1. The molecular formula is C28H32N2O5S. The first-order valence-corrected chi connectivity index (χ1v) is 13.5. The van der Waals surface area contributed by atoms with Gasteiger partial charge < -0.3 is 9.84 Å². The zero-order chi connectivity index (χ0) is 25.7. The molecule has 7 nitrogen and oxygen atoms in total. The van der Waals surface area contributed by atoms with Crippen LogP contribution in [0, 0.1) is 13.8 Å². The standard InChI is InChI=1S/C28H32N2O5S/c1-21-8-13-27(22(2)18-21)36(33,34)30-16-14-29(15-17-30)19-25(31)20-35-26-11-9-24(10-12-26)28(32)23-6-4-3-5-7-23/h3-13,18,25,31H,14-17,19-20H2,1-2H3/t25-/m1/s1. The Hall–Kier alpha value is -3.04. The van der Waals surface area contributed by atoms with Crippen molar-refractivity contribution in [3.05, 3.63) is 95.1 Å². The van der Waals surface area contributed by atoms with Crippen molar-refractivity contribution in [2.24, 2.45) is 0 Å². The molecule has 0 aromatic heterocycles. The Morgan fingerprint density at radius 1 is 0.917 bits per heavy atom. The number of aryl methyl sites for hydroxylation is 2. The molecule has 0 aliphatic carbocycles. The number of piperazine rings is 1. The molecule has 36 heavy (non-hydrogen) atoms. The predicted octanol–water partition coefficient (Wildman–Crippen LogP) is 3.28. The number of aliphatic hydroxyl groups is 1. The van der Waals surface area contributed by atoms with Gasteiger partial charge in [-0.1, -0.05) is 48.0 Å². The molecule has 0 bridgehead atoms. The van der Waals surface area contributed by atoms with E-state index in [0.717, 1.165) is 11.1 Å². The first kappa shape index (κ1) is 26.0. The van der Waals surface area contributed by atoms with Gasteiger partial charge in [0, 0.05) is 43.9 Å². The number of nitrogens with zero attached hydrogens (tertiary/aromatic N) is 2. The van der Waals surface area contributed by atoms with Crippen LogP contribution in [-0.2, 0) is 10.0 Å². The van der Waals surface area contributed by atoms with Crippen LogP contribution in [0.25, 0.3) is 0 Å². The van der Waals surface area contributed by atoms with Gasteiger partial charge >= 0.3 is 0 Å². The van der Waals surface area contributed by atoms with E-state index >= 15 is 0 Å². The number of ketones is 1. The van der Waals surface area contributed by atoms with Crippen molar-refractivity contribution in [1.82, 2.24) is 9.21 Å². The number of ether oxygens (including phenoxy) is 1. The third kappa shape index (κ3) is 6.20. The number of aliphatic hydroxyl groups excluding tert-OH is 1. The van der Waals surface area contributed by atoms with Crippen LogP contribution in [0.1, 0.15) is 27.0 Å². The van der Waals surface area contributed by atoms with Crippen LogP contribution in [0.3, 0.4) is 0 Å². The molecule has 1 atom stereocenters. The lowest BCUT2D eigenvalue weighted by molar-refractivity contribution is 0.0569. The fourth-order valence-corrected chi connectivity index (χ4v) is 6.01. The average Bonchev–Trinajstić information content (AvgIpc) is 2.88. The van der Waals surface area contributed by atoms with Gasteiger partial charge in [0.1, 0.15) is 18.5 Å². The molecule has 1 N–H and O–H groups in total. The van der Waals surface area contributed by atoms with Gasteiger partial charge in [0.2, 0.25) is 10.0 Å². The minimum Gasteiger partial charge on any atom is -0.491 e. The Bertz CT molecular complexity index is 1290. The van der Waals surface area contributed by atoms with Gasteiger partial charge in [-0.15, -0.1) is 0 Å². The summed E-state index contributed by atoms with van der Waals surface area (Å²) >= 11 is 0. The minimum atomic E-state index is -3.54. The Labute approximate surface area is 213 Å². The summed E-state index contributed by atoms with van der Waals surface area (Å²) in [5.41, 5.74) is 2.98. The normalized spacial score (nSPS) is 16.0. The molecule has 0 radical (unpaired) electrons. The molecule has 1 heterocycles. The van der Waals surface area contributed by atoms with Gasteiger partial charge in [0.25, 0.3) is 0 Å². The highest BCUT2D eigenvalue weighted by atomic mass is 32.2. The van der Waals surface area contributed by atoms with Crippen LogP contribution in [-0.4, -0.2) is 73.9 Å². The van der Waals surface area contributed by atoms with Crippen LogP contribution < -0.4 is 4.74 Å². The minimum absolute atomic E-state index is 0.0547. The van der Waals surface area contributed by atoms with Crippen LogP contribution >= 0.6 is 0 Å². The molecule has 4 rings (SSSR count). The van der Waals surface area contributed by atoms with E-state index in [1.165, 1.54) is 4.31 Å². The summed E-state index contributed by atoms with van der Waals surface area (Å²) in [5.74, 6) is 0.518. The van der Waals surface area contributed by atoms with E-state index in [4.69, 9.17) is 4.74 Å². The van der Waals surface area contributed by atoms with Gasteiger partial charge in [0.15, 0.2) is 5.78 Å². The van der Waals surface area contributed by atoms with Crippen molar-refractivity contribution in [1.29, 1.82) is 0 Å². The second-order valence-corrected chi connectivity index (χ2v) is 11.1. The van der Waals surface area contributed by atoms with Crippen molar-refractivity contribution < 1.29 is 23.1 Å². The van der Waals surface area contributed by atoms with E-state index < -0.39 is 16.1 Å². The lowest BCUT2D eigenvalue weighted by Gasteiger charge is -2.35. The molecule has 0 spiro atoms. The third-order valence-corrected chi connectivity index (χ3v) is 8.40. The zero-order valence-corrected chi connectivity index (χ0v) is 21.4. The van der Waals surface area contributed by atoms with E-state index in [1.807, 2.05) is 49.1 Å². The summed E-state index contributed by atoms with van der Waals surface area (Å²) in [7, 11) is -3.54. The fourth-order valence-electron chi connectivity index (χ4n) is 4.38. The smallest absolute Gasteiger partial charge is 0.243 e. The highest BCUT2D eigenvalue weighted by Gasteiger charge is 2.30. The van der Waals surface area contributed by atoms with Crippen molar-refractivity contribution in [2.75, 3.05) is 39.3 Å². The quantitative estimate of drug-likeness (QED) is 0.447. The van der Waals surface area contributed by atoms with Crippen LogP contribution in [0.5, 0.6) is 5.75 Å². The van der Waals surface area contributed by atoms with Gasteiger partial charge in [0.05, 0.1) is 4.90 Å². The van der Waals surface area contributed by atoms with Crippen molar-refractivity contribution in [3.63, 3.8) is 0 Å². The molecule has 8 heteroatoms. The zero-order valence-electron chi connectivity index (χ0n) is 20.6. The molecule has 1 aliphatic rings. The lowest BCUT2D eigenvalue weighted by Crippen LogP contribution is -2.50. The maximum atomic E-state index is 13.1. The van der Waals surface area contributed by atoms with Crippen molar-refractivity contribution in [3.8, 4) is 5.75 Å². The van der Waals surface area contributed by atoms with Crippen LogP contribution in [0.4, 0.5) is 0 Å². The molecule has 1 aliphatic heterocycles. The van der Waals surface area contributed by atoms with E-state index in [2.05, 4.69) is 0 Å². The number of rotatable bonds is 9. The Kier molecular flexibility index (Phi) is 8.21. The number of sulfonamides is 1. The van der Waals surface area contributed by atoms with Gasteiger partial charge in [-0.05, 0) is 49.7 Å². The van der Waals surface area contributed by atoms with Crippen LogP contribution in [0.15, 0.2) is 77.7 Å². The monoisotopic (exact) mass is 508 g/mol. The molecule has 0 amide bonds. The molecule has 1 fully saturated rings. The second kappa shape index (κ2) is 11.3. The van der Waals surface area contributed by atoms with Gasteiger partial charge in [-0.25, -0.2) is 8.42 Å². The average molecular weight is 509 g/mol. The Morgan fingerprint density at radius 3 is 2.19 bits per heavy atom. The first-order chi connectivity index (χ1) is 17.2. The topological polar surface area (TPSA) is 87.2 Å². The first-order valence-electron chi connectivity index (χ1n) is 12.0. The fraction of sp³-hybridized carbons (Fsp3) is 0.321. The number of benzene rings is 3. The number of hydrogen-bond donors (Lipinski definition) is 1. The molecule has 0 unspecified atom stereocenters. The molecule has 1 saturated heterocycles. The Morgan fingerprint density at radius 2 is 1.56 bits per heavy atom. The van der Waals surface area contributed by atoms with Gasteiger partial charge in [-0.2, -0.15) is 4.31 Å². The predicted molar refractivity (Wildman–Crippen MR) is 139 cm³/mol. The van der Waals surface area contributed by atoms with E-state index in [9.17, 15) is 18.3 Å². The summed E-state index contributed by atoms with van der Waals surface area (Å²) in [4.78, 5) is 14.9. The molecule has 3 aromatic rings. The summed E-state index contributed by atoms with van der Waals surface area (Å²) < 4.78 is 33.4. The number of carbonyl (C=O) groups excluding carboxylic acids is 1. The van der Waals surface area contributed by atoms with Crippen molar-refractivity contribution in [2.45, 2.75) is 24.8 Å². The Balaban J connectivity index is 1.24. The molecule has 0 saturated carbocycles. The number of hydrogen-bond acceptors (Lipinski definition) is 6. The molecular weight excluding hydrogens is 476 g/mol. The maximum absolute atomic E-state index is 13.1. The largest absolute Gasteiger partial charge is 0.491 e. The van der Waals surface area contributed by atoms with E-state index in [-0.39, 0.29) is 12.4 Å². The molecule has 3 aromatic carbocycles. The number of β-amino-alcohol motifs (C(OH)–C–C–N with tert-alkyl or cyclic N) is 1. The summed E-state index contributed by atoms with van der Waals surface area (Å²) in [6.45, 7) is 6.09. The lowest BCUT2D eigenvalue weighted by atomic mass is 10.0. The third-order valence-electron chi connectivity index (χ3n) is 6.34. The summed E-state index contributed by atoms with van der Waals surface area (Å²) in [6, 6.07) is 21.3. The van der Waals surface area contributed by atoms with E-state index in [0.29, 0.717) is 54.5 Å². The van der Waals surface area contributed by atoms with Crippen molar-refractivity contribution >= 4 is 15.8 Å². The molecule has 190 valence electrons. The van der Waals surface area contributed by atoms with Crippen LogP contribution in [0.2, 0.25) is 0 Å². The number of carbonyl (C=O) groups is 1. The highest BCUT2D eigenvalue weighted by molar-refractivity contribution is 7.89.